The maximum absolute atomic E-state index is 12.3. The zero-order chi connectivity index (χ0) is 15.8. The van der Waals surface area contributed by atoms with Crippen molar-refractivity contribution in [1.82, 2.24) is 5.32 Å². The lowest BCUT2D eigenvalue weighted by molar-refractivity contribution is -0.116. The van der Waals surface area contributed by atoms with E-state index in [1.54, 1.807) is 24.3 Å². The molecule has 0 atom stereocenters. The fourth-order valence-corrected chi connectivity index (χ4v) is 2.10. The van der Waals surface area contributed by atoms with E-state index in [1.807, 2.05) is 37.3 Å². The minimum atomic E-state index is -0.198. The number of hydrogen-bond acceptors (Lipinski definition) is 2. The average molecular weight is 296 g/mol. The first-order chi connectivity index (χ1) is 10.7. The third kappa shape index (κ3) is 4.45. The largest absolute Gasteiger partial charge is 0.348 e. The number of benzene rings is 2. The van der Waals surface area contributed by atoms with Crippen molar-refractivity contribution in [1.29, 1.82) is 0 Å². The van der Waals surface area contributed by atoms with E-state index < -0.39 is 0 Å². The molecule has 0 aliphatic heterocycles. The van der Waals surface area contributed by atoms with Crippen molar-refractivity contribution in [3.63, 3.8) is 0 Å². The first kappa shape index (κ1) is 15.8. The highest BCUT2D eigenvalue weighted by Gasteiger charge is 2.12. The highest BCUT2D eigenvalue weighted by Crippen LogP contribution is 2.15. The van der Waals surface area contributed by atoms with Crippen LogP contribution in [0.15, 0.2) is 54.6 Å². The number of anilines is 1. The number of nitrogens with one attached hydrogen (secondary N) is 2. The summed E-state index contributed by atoms with van der Waals surface area (Å²) in [5.74, 6) is -0.276. The molecule has 0 aromatic heterocycles. The van der Waals surface area contributed by atoms with Gasteiger partial charge in [0, 0.05) is 13.0 Å². The third-order valence-electron chi connectivity index (χ3n) is 3.22. The zero-order valence-electron chi connectivity index (χ0n) is 12.6. The number of para-hydroxylation sites is 1. The van der Waals surface area contributed by atoms with Gasteiger partial charge in [0.1, 0.15) is 0 Å². The average Bonchev–Trinajstić information content (AvgIpc) is 2.54. The summed E-state index contributed by atoms with van der Waals surface area (Å²) in [6.07, 6.45) is 1.22. The van der Waals surface area contributed by atoms with E-state index in [-0.39, 0.29) is 11.8 Å². The Morgan fingerprint density at radius 2 is 1.64 bits per heavy atom. The van der Waals surface area contributed by atoms with E-state index >= 15 is 0 Å². The van der Waals surface area contributed by atoms with Gasteiger partial charge >= 0.3 is 0 Å². The molecule has 2 aromatic carbocycles. The Labute approximate surface area is 130 Å². The molecule has 4 heteroatoms. The lowest BCUT2D eigenvalue weighted by Gasteiger charge is -2.11. The van der Waals surface area contributed by atoms with Crippen molar-refractivity contribution in [2.24, 2.45) is 0 Å². The van der Waals surface area contributed by atoms with E-state index in [0.717, 1.165) is 12.0 Å². The number of hydrogen-bond donors (Lipinski definition) is 2. The summed E-state index contributed by atoms with van der Waals surface area (Å²) in [7, 11) is 0. The smallest absolute Gasteiger partial charge is 0.253 e. The van der Waals surface area contributed by atoms with Crippen LogP contribution in [0.3, 0.4) is 0 Å². The molecule has 22 heavy (non-hydrogen) atoms. The molecule has 0 bridgehead atoms. The van der Waals surface area contributed by atoms with Gasteiger partial charge in [-0.2, -0.15) is 0 Å². The van der Waals surface area contributed by atoms with Gasteiger partial charge in [-0.25, -0.2) is 0 Å². The van der Waals surface area contributed by atoms with Crippen molar-refractivity contribution in [3.05, 3.63) is 65.7 Å². The summed E-state index contributed by atoms with van der Waals surface area (Å²) >= 11 is 0. The molecule has 0 aliphatic rings. The van der Waals surface area contributed by atoms with Crippen molar-refractivity contribution < 1.29 is 9.59 Å². The van der Waals surface area contributed by atoms with Gasteiger partial charge in [-0.05, 0) is 24.1 Å². The van der Waals surface area contributed by atoms with Crippen molar-refractivity contribution in [2.75, 3.05) is 5.32 Å². The minimum Gasteiger partial charge on any atom is -0.348 e. The van der Waals surface area contributed by atoms with Crippen LogP contribution in [0.1, 0.15) is 35.7 Å². The Bertz CT molecular complexity index is 639. The molecular weight excluding hydrogens is 276 g/mol. The van der Waals surface area contributed by atoms with Gasteiger partial charge in [-0.3, -0.25) is 9.59 Å². The minimum absolute atomic E-state index is 0.0780. The number of carbonyl (C=O) groups is 2. The Morgan fingerprint density at radius 1 is 0.955 bits per heavy atom. The predicted octanol–water partition coefficient (Wildman–Crippen LogP) is 3.36. The summed E-state index contributed by atoms with van der Waals surface area (Å²) in [6, 6.07) is 16.7. The Kier molecular flexibility index (Phi) is 5.72. The fraction of sp³-hybridized carbons (Fsp3) is 0.222. The quantitative estimate of drug-likeness (QED) is 0.858. The maximum Gasteiger partial charge on any atom is 0.253 e. The van der Waals surface area contributed by atoms with Crippen LogP contribution < -0.4 is 10.6 Å². The second-order valence-corrected chi connectivity index (χ2v) is 5.01. The van der Waals surface area contributed by atoms with E-state index in [9.17, 15) is 9.59 Å². The van der Waals surface area contributed by atoms with Crippen molar-refractivity contribution in [2.45, 2.75) is 26.3 Å². The second kappa shape index (κ2) is 7.98. The maximum atomic E-state index is 12.3. The van der Waals surface area contributed by atoms with E-state index in [0.29, 0.717) is 24.2 Å². The molecule has 0 saturated carbocycles. The number of carbonyl (C=O) groups excluding carboxylic acids is 2. The number of rotatable bonds is 6. The molecule has 0 saturated heterocycles. The zero-order valence-corrected chi connectivity index (χ0v) is 12.6. The van der Waals surface area contributed by atoms with Crippen LogP contribution in [0.25, 0.3) is 0 Å². The topological polar surface area (TPSA) is 58.2 Å². The first-order valence-corrected chi connectivity index (χ1v) is 7.41. The van der Waals surface area contributed by atoms with Crippen LogP contribution in [0.4, 0.5) is 5.69 Å². The summed E-state index contributed by atoms with van der Waals surface area (Å²) in [5, 5.41) is 5.66. The van der Waals surface area contributed by atoms with Crippen LogP contribution in [0.5, 0.6) is 0 Å². The van der Waals surface area contributed by atoms with E-state index in [1.165, 1.54) is 0 Å². The predicted molar refractivity (Wildman–Crippen MR) is 87.6 cm³/mol. The Hall–Kier alpha value is -2.62. The highest BCUT2D eigenvalue weighted by atomic mass is 16.2. The van der Waals surface area contributed by atoms with Crippen LogP contribution in [0, 0.1) is 0 Å². The molecule has 2 rings (SSSR count). The van der Waals surface area contributed by atoms with E-state index in [2.05, 4.69) is 10.6 Å². The molecule has 2 aromatic rings. The van der Waals surface area contributed by atoms with Gasteiger partial charge < -0.3 is 10.6 Å². The number of amides is 2. The molecule has 2 amide bonds. The van der Waals surface area contributed by atoms with Gasteiger partial charge in [-0.1, -0.05) is 49.4 Å². The van der Waals surface area contributed by atoms with Gasteiger partial charge in [-0.15, -0.1) is 0 Å². The van der Waals surface area contributed by atoms with Gasteiger partial charge in [0.05, 0.1) is 11.3 Å². The lowest BCUT2D eigenvalue weighted by atomic mass is 10.1. The molecule has 0 heterocycles. The highest BCUT2D eigenvalue weighted by molar-refractivity contribution is 6.03. The monoisotopic (exact) mass is 296 g/mol. The standard InChI is InChI=1S/C18H20N2O2/c1-2-8-17(21)20-16-12-7-6-11-15(16)18(22)19-13-14-9-4-3-5-10-14/h3-7,9-12H,2,8,13H2,1H3,(H,19,22)(H,20,21). The molecule has 0 aliphatic carbocycles. The molecule has 0 unspecified atom stereocenters. The second-order valence-electron chi connectivity index (χ2n) is 5.01. The lowest BCUT2D eigenvalue weighted by Crippen LogP contribution is -2.24. The van der Waals surface area contributed by atoms with E-state index in [4.69, 9.17) is 0 Å². The molecule has 2 N–H and O–H groups in total. The van der Waals surface area contributed by atoms with Crippen LogP contribution in [-0.2, 0) is 11.3 Å². The van der Waals surface area contributed by atoms with Crippen LogP contribution >= 0.6 is 0 Å². The van der Waals surface area contributed by atoms with Gasteiger partial charge in [0.15, 0.2) is 0 Å². The summed E-state index contributed by atoms with van der Waals surface area (Å²) < 4.78 is 0. The molecule has 4 nitrogen and oxygen atoms in total. The molecular formula is C18H20N2O2. The third-order valence-corrected chi connectivity index (χ3v) is 3.22. The van der Waals surface area contributed by atoms with Crippen molar-refractivity contribution >= 4 is 17.5 Å². The summed E-state index contributed by atoms with van der Waals surface area (Å²) in [6.45, 7) is 2.40. The Balaban J connectivity index is 2.04. The SMILES string of the molecule is CCCC(=O)Nc1ccccc1C(=O)NCc1ccccc1. The molecule has 0 fully saturated rings. The van der Waals surface area contributed by atoms with Gasteiger partial charge in [0.2, 0.25) is 5.91 Å². The summed E-state index contributed by atoms with van der Waals surface area (Å²) in [4.78, 5) is 24.0. The first-order valence-electron chi connectivity index (χ1n) is 7.41. The van der Waals surface area contributed by atoms with Gasteiger partial charge in [0.25, 0.3) is 5.91 Å². The normalized spacial score (nSPS) is 10.0. The summed E-state index contributed by atoms with van der Waals surface area (Å²) in [5.41, 5.74) is 2.05. The van der Waals surface area contributed by atoms with Crippen LogP contribution in [0.2, 0.25) is 0 Å². The molecule has 0 radical (unpaired) electrons. The van der Waals surface area contributed by atoms with Crippen LogP contribution in [-0.4, -0.2) is 11.8 Å². The van der Waals surface area contributed by atoms with Crippen molar-refractivity contribution in [3.8, 4) is 0 Å². The molecule has 114 valence electrons. The Morgan fingerprint density at radius 3 is 2.36 bits per heavy atom. The fourth-order valence-electron chi connectivity index (χ4n) is 2.10. The molecule has 0 spiro atoms.